The van der Waals surface area contributed by atoms with Crippen LogP contribution in [0.4, 0.5) is 0 Å². The number of aliphatic hydroxyl groups excluding tert-OH is 1. The number of ether oxygens (including phenoxy) is 1. The first kappa shape index (κ1) is 16.9. The highest BCUT2D eigenvalue weighted by atomic mass is 16.5. The van der Waals surface area contributed by atoms with Crippen LogP contribution in [0, 0.1) is 34.5 Å². The quantitative estimate of drug-likeness (QED) is 0.726. The van der Waals surface area contributed by atoms with Crippen LogP contribution in [0.1, 0.15) is 78.6 Å². The highest BCUT2D eigenvalue weighted by Crippen LogP contribution is 2.66. The van der Waals surface area contributed by atoms with E-state index in [1.54, 1.807) is 0 Å². The van der Waals surface area contributed by atoms with Crippen LogP contribution in [0.15, 0.2) is 0 Å². The van der Waals surface area contributed by atoms with E-state index in [0.717, 1.165) is 37.0 Å². The Kier molecular flexibility index (Phi) is 4.02. The van der Waals surface area contributed by atoms with Crippen molar-refractivity contribution in [1.82, 2.24) is 0 Å². The summed E-state index contributed by atoms with van der Waals surface area (Å²) in [5.41, 5.74) is 0.605. The van der Waals surface area contributed by atoms with Crippen LogP contribution in [-0.4, -0.2) is 23.3 Å². The van der Waals surface area contributed by atoms with Crippen molar-refractivity contribution < 1.29 is 14.6 Å². The first-order valence-electron chi connectivity index (χ1n) is 10.2. The van der Waals surface area contributed by atoms with Crippen molar-refractivity contribution in [2.24, 2.45) is 34.5 Å². The van der Waals surface area contributed by atoms with Crippen LogP contribution >= 0.6 is 0 Å². The number of esters is 1. The molecule has 4 fully saturated rings. The van der Waals surface area contributed by atoms with Crippen molar-refractivity contribution in [3.05, 3.63) is 0 Å². The van der Waals surface area contributed by atoms with E-state index < -0.39 is 0 Å². The summed E-state index contributed by atoms with van der Waals surface area (Å²) in [6.45, 7) is 6.43. The molecule has 4 aliphatic rings. The van der Waals surface area contributed by atoms with Crippen molar-refractivity contribution in [2.45, 2.75) is 90.8 Å². The monoisotopic (exact) mass is 334 g/mol. The van der Waals surface area contributed by atoms with Gasteiger partial charge in [0.25, 0.3) is 0 Å². The topological polar surface area (TPSA) is 46.5 Å². The Bertz CT molecular complexity index is 517. The molecule has 0 heterocycles. The molecule has 1 N–H and O–H groups in total. The zero-order chi connectivity index (χ0) is 17.1. The van der Waals surface area contributed by atoms with Crippen LogP contribution in [0.5, 0.6) is 0 Å². The Morgan fingerprint density at radius 1 is 0.958 bits per heavy atom. The van der Waals surface area contributed by atoms with Gasteiger partial charge < -0.3 is 9.84 Å². The van der Waals surface area contributed by atoms with E-state index in [0.29, 0.717) is 11.3 Å². The summed E-state index contributed by atoms with van der Waals surface area (Å²) in [4.78, 5) is 11.3. The molecule has 0 radical (unpaired) electrons. The molecule has 0 amide bonds. The molecule has 0 saturated heterocycles. The largest absolute Gasteiger partial charge is 0.463 e. The first-order chi connectivity index (χ1) is 11.3. The molecule has 0 bridgehead atoms. The smallest absolute Gasteiger partial charge is 0.302 e. The predicted molar refractivity (Wildman–Crippen MR) is 93.3 cm³/mol. The molecule has 0 unspecified atom stereocenters. The zero-order valence-electron chi connectivity index (χ0n) is 15.6. The predicted octanol–water partition coefficient (Wildman–Crippen LogP) is 4.32. The maximum absolute atomic E-state index is 11.3. The highest BCUT2D eigenvalue weighted by Gasteiger charge is 2.60. The van der Waals surface area contributed by atoms with E-state index in [4.69, 9.17) is 4.74 Å². The Hall–Kier alpha value is -0.570. The normalized spacial score (nSPS) is 53.7. The van der Waals surface area contributed by atoms with E-state index in [9.17, 15) is 9.90 Å². The molecular weight excluding hydrogens is 300 g/mol. The second-order valence-electron chi connectivity index (χ2n) is 9.80. The second kappa shape index (κ2) is 5.72. The van der Waals surface area contributed by atoms with Gasteiger partial charge in [-0.1, -0.05) is 13.8 Å². The van der Waals surface area contributed by atoms with Crippen molar-refractivity contribution in [3.8, 4) is 0 Å². The number of fused-ring (bicyclic) bond motifs is 5. The molecule has 4 saturated carbocycles. The van der Waals surface area contributed by atoms with Gasteiger partial charge in [0, 0.05) is 6.92 Å². The summed E-state index contributed by atoms with van der Waals surface area (Å²) in [5.74, 6) is 2.96. The third-order valence-electron chi connectivity index (χ3n) is 8.90. The highest BCUT2D eigenvalue weighted by molar-refractivity contribution is 5.66. The second-order valence-corrected chi connectivity index (χ2v) is 9.80. The van der Waals surface area contributed by atoms with Gasteiger partial charge in [0.15, 0.2) is 0 Å². The van der Waals surface area contributed by atoms with Gasteiger partial charge in [-0.05, 0) is 92.3 Å². The van der Waals surface area contributed by atoms with Gasteiger partial charge in [-0.2, -0.15) is 0 Å². The van der Waals surface area contributed by atoms with E-state index in [1.807, 2.05) is 0 Å². The van der Waals surface area contributed by atoms with E-state index >= 15 is 0 Å². The molecular formula is C21H34O3. The Morgan fingerprint density at radius 2 is 1.67 bits per heavy atom. The van der Waals surface area contributed by atoms with E-state index in [1.165, 1.54) is 45.4 Å². The zero-order valence-corrected chi connectivity index (χ0v) is 15.6. The SMILES string of the molecule is CC(=O)O[C@H]1CC[C@]2(C)[C@H](CC[C@@H]3[C@H]4CC[C@@H](O)[C@]4(C)CC[C@H]32)C1. The number of hydrogen-bond acceptors (Lipinski definition) is 3. The summed E-state index contributed by atoms with van der Waals surface area (Å²) < 4.78 is 5.55. The van der Waals surface area contributed by atoms with Crippen LogP contribution in [0.3, 0.4) is 0 Å². The molecule has 136 valence electrons. The minimum atomic E-state index is -0.120. The molecule has 3 heteroatoms. The maximum atomic E-state index is 11.3. The molecule has 24 heavy (non-hydrogen) atoms. The molecule has 8 atom stereocenters. The number of carbonyl (C=O) groups is 1. The fraction of sp³-hybridized carbons (Fsp3) is 0.952. The van der Waals surface area contributed by atoms with Crippen LogP contribution in [0.2, 0.25) is 0 Å². The van der Waals surface area contributed by atoms with Crippen molar-refractivity contribution in [3.63, 3.8) is 0 Å². The van der Waals surface area contributed by atoms with Gasteiger partial charge in [-0.3, -0.25) is 4.79 Å². The van der Waals surface area contributed by atoms with Gasteiger partial charge in [-0.15, -0.1) is 0 Å². The lowest BCUT2D eigenvalue weighted by atomic mass is 9.45. The third-order valence-corrected chi connectivity index (χ3v) is 8.90. The standard InChI is InChI=1S/C21H34O3/c1-13(22)24-15-8-10-20(2)14(12-15)4-5-16-17-6-7-19(23)21(17,3)11-9-18(16)20/h14-19,23H,4-12H2,1-3H3/t14-,15+,16-,17-,18-,19-,20-,21-/m1/s1. The number of carbonyl (C=O) groups excluding carboxylic acids is 1. The van der Waals surface area contributed by atoms with Gasteiger partial charge in [0.1, 0.15) is 6.10 Å². The van der Waals surface area contributed by atoms with Crippen molar-refractivity contribution >= 4 is 5.97 Å². The summed E-state index contributed by atoms with van der Waals surface area (Å²) in [6, 6.07) is 0. The summed E-state index contributed by atoms with van der Waals surface area (Å²) in [6.07, 6.45) is 10.8. The lowest BCUT2D eigenvalue weighted by Gasteiger charge is -2.60. The Morgan fingerprint density at radius 3 is 2.42 bits per heavy atom. The molecule has 0 aromatic carbocycles. The fourth-order valence-electron chi connectivity index (χ4n) is 7.53. The number of hydrogen-bond donors (Lipinski definition) is 1. The average molecular weight is 335 g/mol. The molecule has 0 aliphatic heterocycles. The lowest BCUT2D eigenvalue weighted by molar-refractivity contribution is -0.161. The van der Waals surface area contributed by atoms with Crippen LogP contribution < -0.4 is 0 Å². The van der Waals surface area contributed by atoms with Crippen LogP contribution in [-0.2, 0) is 9.53 Å². The molecule has 3 nitrogen and oxygen atoms in total. The van der Waals surface area contributed by atoms with Crippen LogP contribution in [0.25, 0.3) is 0 Å². The first-order valence-corrected chi connectivity index (χ1v) is 10.2. The number of rotatable bonds is 1. The molecule has 4 rings (SSSR count). The Labute approximate surface area is 146 Å². The summed E-state index contributed by atoms with van der Waals surface area (Å²) >= 11 is 0. The van der Waals surface area contributed by atoms with Gasteiger partial charge in [0.05, 0.1) is 6.10 Å². The van der Waals surface area contributed by atoms with Crippen molar-refractivity contribution in [2.75, 3.05) is 0 Å². The lowest BCUT2D eigenvalue weighted by Crippen LogP contribution is -2.54. The van der Waals surface area contributed by atoms with Gasteiger partial charge in [-0.25, -0.2) is 0 Å². The minimum Gasteiger partial charge on any atom is -0.463 e. The maximum Gasteiger partial charge on any atom is 0.302 e. The van der Waals surface area contributed by atoms with Crippen molar-refractivity contribution in [1.29, 1.82) is 0 Å². The molecule has 0 aromatic rings. The summed E-state index contributed by atoms with van der Waals surface area (Å²) in [5, 5.41) is 10.5. The Balaban J connectivity index is 1.53. The minimum absolute atomic E-state index is 0.0753. The van der Waals surface area contributed by atoms with E-state index in [2.05, 4.69) is 13.8 Å². The third kappa shape index (κ3) is 2.37. The molecule has 0 spiro atoms. The molecule has 4 aliphatic carbocycles. The average Bonchev–Trinajstić information content (AvgIpc) is 2.83. The van der Waals surface area contributed by atoms with E-state index in [-0.39, 0.29) is 23.6 Å². The summed E-state index contributed by atoms with van der Waals surface area (Å²) in [7, 11) is 0. The fourth-order valence-corrected chi connectivity index (χ4v) is 7.53. The number of aliphatic hydroxyl groups is 1. The van der Waals surface area contributed by atoms with Gasteiger partial charge >= 0.3 is 5.97 Å². The van der Waals surface area contributed by atoms with Gasteiger partial charge in [0.2, 0.25) is 0 Å². The molecule has 0 aromatic heterocycles.